The normalized spacial score (nSPS) is 23.1. The first kappa shape index (κ1) is 15.4. The lowest BCUT2D eigenvalue weighted by Crippen LogP contribution is -2.50. The number of ether oxygens (including phenoxy) is 1. The van der Waals surface area contributed by atoms with Crippen LogP contribution in [0.3, 0.4) is 0 Å². The fourth-order valence-electron chi connectivity index (χ4n) is 3.01. The summed E-state index contributed by atoms with van der Waals surface area (Å²) in [6.45, 7) is 6.18. The van der Waals surface area contributed by atoms with Crippen LogP contribution in [0.25, 0.3) is 0 Å². The van der Waals surface area contributed by atoms with Crippen molar-refractivity contribution in [2.75, 3.05) is 45.9 Å². The second-order valence-electron chi connectivity index (χ2n) is 5.88. The first-order valence-electron chi connectivity index (χ1n) is 7.99. The number of hydrogen-bond acceptors (Lipinski definition) is 6. The van der Waals surface area contributed by atoms with Crippen molar-refractivity contribution in [1.82, 2.24) is 24.8 Å². The maximum atomic E-state index is 12.4. The molecule has 8 nitrogen and oxygen atoms in total. The molecule has 2 saturated heterocycles. The van der Waals surface area contributed by atoms with Crippen LogP contribution in [0, 0.1) is 0 Å². The zero-order chi connectivity index (χ0) is 15.4. The fourth-order valence-corrected chi connectivity index (χ4v) is 3.01. The molecular weight excluding hydrogens is 284 g/mol. The lowest BCUT2D eigenvalue weighted by Gasteiger charge is -2.35. The van der Waals surface area contributed by atoms with E-state index < -0.39 is 0 Å². The molecule has 2 fully saturated rings. The molecular formula is C14H24N6O2. The summed E-state index contributed by atoms with van der Waals surface area (Å²) >= 11 is 0. The van der Waals surface area contributed by atoms with E-state index in [4.69, 9.17) is 10.5 Å². The molecule has 3 rings (SSSR count). The van der Waals surface area contributed by atoms with E-state index in [1.54, 1.807) is 10.9 Å². The minimum absolute atomic E-state index is 0.0416. The number of hydrogen-bond donors (Lipinski definition) is 1. The lowest BCUT2D eigenvalue weighted by molar-refractivity contribution is 0.0429. The van der Waals surface area contributed by atoms with E-state index in [0.717, 1.165) is 45.8 Å². The molecule has 1 atom stereocenters. The summed E-state index contributed by atoms with van der Waals surface area (Å²) in [5, 5.41) is 7.86. The monoisotopic (exact) mass is 308 g/mol. The van der Waals surface area contributed by atoms with Crippen LogP contribution in [0.5, 0.6) is 0 Å². The molecule has 0 radical (unpaired) electrons. The SMILES string of the molecule is NCCn1cc(C(=O)N2CCN(C[C@H]3CCCO3)CC2)nn1. The van der Waals surface area contributed by atoms with Gasteiger partial charge in [-0.15, -0.1) is 5.10 Å². The van der Waals surface area contributed by atoms with E-state index in [2.05, 4.69) is 15.2 Å². The van der Waals surface area contributed by atoms with Gasteiger partial charge >= 0.3 is 0 Å². The maximum absolute atomic E-state index is 12.4. The molecule has 1 aromatic rings. The van der Waals surface area contributed by atoms with Gasteiger partial charge in [0.2, 0.25) is 0 Å². The van der Waals surface area contributed by atoms with Crippen LogP contribution in [-0.4, -0.2) is 82.7 Å². The third-order valence-corrected chi connectivity index (χ3v) is 4.26. The second kappa shape index (κ2) is 7.17. The van der Waals surface area contributed by atoms with Crippen molar-refractivity contribution in [2.45, 2.75) is 25.5 Å². The molecule has 122 valence electrons. The minimum Gasteiger partial charge on any atom is -0.377 e. The van der Waals surface area contributed by atoms with E-state index in [-0.39, 0.29) is 5.91 Å². The molecule has 1 amide bonds. The molecule has 0 bridgehead atoms. The standard InChI is InChI=1S/C14H24N6O2/c15-3-4-20-11-13(16-17-20)14(21)19-7-5-18(6-8-19)10-12-2-1-9-22-12/h11-12H,1-10,15H2/t12-/m1/s1. The van der Waals surface area contributed by atoms with Gasteiger partial charge < -0.3 is 15.4 Å². The van der Waals surface area contributed by atoms with Gasteiger partial charge in [0.1, 0.15) is 0 Å². The van der Waals surface area contributed by atoms with Crippen LogP contribution in [0.15, 0.2) is 6.20 Å². The van der Waals surface area contributed by atoms with Gasteiger partial charge in [0.15, 0.2) is 5.69 Å². The molecule has 2 N–H and O–H groups in total. The Kier molecular flexibility index (Phi) is 5.01. The zero-order valence-corrected chi connectivity index (χ0v) is 12.9. The molecule has 8 heteroatoms. The number of nitrogens with two attached hydrogens (primary N) is 1. The van der Waals surface area contributed by atoms with E-state index in [1.807, 2.05) is 4.90 Å². The fraction of sp³-hybridized carbons (Fsp3) is 0.786. The average Bonchev–Trinajstić information content (AvgIpc) is 3.20. The van der Waals surface area contributed by atoms with Crippen LogP contribution in [0.4, 0.5) is 0 Å². The number of carbonyl (C=O) groups is 1. The molecule has 22 heavy (non-hydrogen) atoms. The van der Waals surface area contributed by atoms with Crippen LogP contribution in [0.2, 0.25) is 0 Å². The Morgan fingerprint density at radius 2 is 2.18 bits per heavy atom. The molecule has 2 aliphatic heterocycles. The van der Waals surface area contributed by atoms with Gasteiger partial charge in [-0.3, -0.25) is 14.4 Å². The van der Waals surface area contributed by atoms with Crippen molar-refractivity contribution in [3.8, 4) is 0 Å². The van der Waals surface area contributed by atoms with Gasteiger partial charge in [-0.2, -0.15) is 0 Å². The van der Waals surface area contributed by atoms with Gasteiger partial charge in [-0.05, 0) is 12.8 Å². The number of nitrogens with zero attached hydrogens (tertiary/aromatic N) is 5. The Bertz CT molecular complexity index is 491. The summed E-state index contributed by atoms with van der Waals surface area (Å²) in [5.41, 5.74) is 5.88. The summed E-state index contributed by atoms with van der Waals surface area (Å²) < 4.78 is 7.28. The van der Waals surface area contributed by atoms with Crippen molar-refractivity contribution in [3.05, 3.63) is 11.9 Å². The Balaban J connectivity index is 1.48. The number of rotatable bonds is 5. The highest BCUT2D eigenvalue weighted by molar-refractivity contribution is 5.92. The molecule has 1 aromatic heterocycles. The molecule has 3 heterocycles. The highest BCUT2D eigenvalue weighted by atomic mass is 16.5. The number of amides is 1. The average molecular weight is 308 g/mol. The van der Waals surface area contributed by atoms with Crippen molar-refractivity contribution in [3.63, 3.8) is 0 Å². The summed E-state index contributed by atoms with van der Waals surface area (Å²) in [7, 11) is 0. The van der Waals surface area contributed by atoms with Gasteiger partial charge in [-0.1, -0.05) is 5.21 Å². The Labute approximate surface area is 130 Å². The highest BCUT2D eigenvalue weighted by Gasteiger charge is 2.26. The summed E-state index contributed by atoms with van der Waals surface area (Å²) in [6, 6.07) is 0. The summed E-state index contributed by atoms with van der Waals surface area (Å²) in [6.07, 6.45) is 4.37. The Morgan fingerprint density at radius 1 is 1.36 bits per heavy atom. The predicted octanol–water partition coefficient (Wildman–Crippen LogP) is -0.826. The molecule has 0 aromatic carbocycles. The van der Waals surface area contributed by atoms with Crippen LogP contribution in [0.1, 0.15) is 23.3 Å². The van der Waals surface area contributed by atoms with Crippen LogP contribution < -0.4 is 5.73 Å². The van der Waals surface area contributed by atoms with Gasteiger partial charge in [0, 0.05) is 45.9 Å². The third-order valence-electron chi connectivity index (χ3n) is 4.26. The Hall–Kier alpha value is -1.51. The zero-order valence-electron chi connectivity index (χ0n) is 12.9. The topological polar surface area (TPSA) is 89.5 Å². The summed E-state index contributed by atoms with van der Waals surface area (Å²) in [4.78, 5) is 16.6. The van der Waals surface area contributed by atoms with E-state index in [9.17, 15) is 4.79 Å². The van der Waals surface area contributed by atoms with Crippen molar-refractivity contribution >= 4 is 5.91 Å². The van der Waals surface area contributed by atoms with E-state index >= 15 is 0 Å². The molecule has 2 aliphatic rings. The van der Waals surface area contributed by atoms with Crippen LogP contribution >= 0.6 is 0 Å². The minimum atomic E-state index is -0.0416. The molecule has 0 spiro atoms. The highest BCUT2D eigenvalue weighted by Crippen LogP contribution is 2.15. The predicted molar refractivity (Wildman–Crippen MR) is 80.4 cm³/mol. The van der Waals surface area contributed by atoms with Gasteiger partial charge in [0.25, 0.3) is 5.91 Å². The number of carbonyl (C=O) groups excluding carboxylic acids is 1. The van der Waals surface area contributed by atoms with Gasteiger partial charge in [-0.25, -0.2) is 0 Å². The largest absolute Gasteiger partial charge is 0.377 e. The van der Waals surface area contributed by atoms with Crippen molar-refractivity contribution in [1.29, 1.82) is 0 Å². The quantitative estimate of drug-likeness (QED) is 0.764. The number of aromatic nitrogens is 3. The molecule has 0 saturated carbocycles. The first-order valence-corrected chi connectivity index (χ1v) is 7.99. The van der Waals surface area contributed by atoms with Crippen molar-refractivity contribution < 1.29 is 9.53 Å². The van der Waals surface area contributed by atoms with E-state index in [1.165, 1.54) is 6.42 Å². The molecule has 0 aliphatic carbocycles. The molecule has 0 unspecified atom stereocenters. The first-order chi connectivity index (χ1) is 10.8. The van der Waals surface area contributed by atoms with E-state index in [0.29, 0.717) is 24.9 Å². The third kappa shape index (κ3) is 3.63. The maximum Gasteiger partial charge on any atom is 0.276 e. The second-order valence-corrected chi connectivity index (χ2v) is 5.88. The Morgan fingerprint density at radius 3 is 2.86 bits per heavy atom. The van der Waals surface area contributed by atoms with Gasteiger partial charge in [0.05, 0.1) is 18.8 Å². The van der Waals surface area contributed by atoms with Crippen molar-refractivity contribution in [2.24, 2.45) is 5.73 Å². The lowest BCUT2D eigenvalue weighted by atomic mass is 10.2. The smallest absolute Gasteiger partial charge is 0.276 e. The van der Waals surface area contributed by atoms with Crippen LogP contribution in [-0.2, 0) is 11.3 Å². The summed E-state index contributed by atoms with van der Waals surface area (Å²) in [5.74, 6) is -0.0416. The number of piperazine rings is 1.